The third kappa shape index (κ3) is 14.5. The van der Waals surface area contributed by atoms with E-state index < -0.39 is 32.8 Å². The highest BCUT2D eigenvalue weighted by Gasteiger charge is 2.43. The standard InChI is InChI=1S/C44H62O8P2/c1-31(21-17-23-33(3)25-27-37-35(5)41(45)39(29-43(37,7)8)51-53(13,14)47)19-15-16-20-32(2)22-18-24-34(4)26-28-38-36(6)42(46)40(30-44(38,9)10)52-54(48,49-11)50-12/h15-28,39-40H,29-30H2,1-14H3/b16-15+,21-17+,22-18+,27-25+,28-26+,31-19+,32-20+,33-23+,34-24+. The predicted molar refractivity (Wildman–Crippen MR) is 224 cm³/mol. The van der Waals surface area contributed by atoms with Crippen molar-refractivity contribution in [3.8, 4) is 0 Å². The van der Waals surface area contributed by atoms with Crippen molar-refractivity contribution in [1.29, 1.82) is 0 Å². The Morgan fingerprint density at radius 1 is 0.593 bits per heavy atom. The molecule has 2 rings (SSSR count). The summed E-state index contributed by atoms with van der Waals surface area (Å²) in [5, 5.41) is 0. The van der Waals surface area contributed by atoms with Gasteiger partial charge in [-0.2, -0.15) is 0 Å². The van der Waals surface area contributed by atoms with Gasteiger partial charge in [-0.15, -0.1) is 0 Å². The summed E-state index contributed by atoms with van der Waals surface area (Å²) in [6.07, 6.45) is 27.5. The molecule has 0 bridgehead atoms. The summed E-state index contributed by atoms with van der Waals surface area (Å²) in [7, 11) is -4.11. The number of allylic oxidation sites excluding steroid dienone is 20. The monoisotopic (exact) mass is 780 g/mol. The molecule has 0 aliphatic heterocycles. The zero-order valence-electron chi connectivity index (χ0n) is 34.8. The van der Waals surface area contributed by atoms with Gasteiger partial charge in [0.15, 0.2) is 18.9 Å². The lowest BCUT2D eigenvalue weighted by Crippen LogP contribution is -2.37. The van der Waals surface area contributed by atoms with E-state index in [-0.39, 0.29) is 17.0 Å². The first kappa shape index (κ1) is 46.9. The zero-order valence-corrected chi connectivity index (χ0v) is 36.6. The Hall–Kier alpha value is -3.22. The zero-order chi connectivity index (χ0) is 41.1. The smallest absolute Gasteiger partial charge is 0.317 e. The fraction of sp³-hybridized carbons (Fsp3) is 0.455. The molecule has 0 radical (unpaired) electrons. The molecule has 0 saturated heterocycles. The van der Waals surface area contributed by atoms with Crippen molar-refractivity contribution in [2.45, 2.75) is 94.3 Å². The van der Waals surface area contributed by atoms with E-state index >= 15 is 0 Å². The van der Waals surface area contributed by atoms with Crippen LogP contribution in [-0.4, -0.2) is 51.3 Å². The van der Waals surface area contributed by atoms with Gasteiger partial charge in [-0.1, -0.05) is 135 Å². The van der Waals surface area contributed by atoms with Gasteiger partial charge < -0.3 is 4.52 Å². The number of carbonyl (C=O) groups excluding carboxylic acids is 2. The van der Waals surface area contributed by atoms with Crippen LogP contribution in [0.3, 0.4) is 0 Å². The van der Waals surface area contributed by atoms with E-state index in [0.29, 0.717) is 24.0 Å². The summed E-state index contributed by atoms with van der Waals surface area (Å²) in [5.41, 5.74) is 6.71. The molecule has 0 fully saturated rings. The van der Waals surface area contributed by atoms with E-state index in [9.17, 15) is 18.7 Å². The van der Waals surface area contributed by atoms with Crippen LogP contribution < -0.4 is 0 Å². The van der Waals surface area contributed by atoms with E-state index in [0.717, 1.165) is 33.4 Å². The van der Waals surface area contributed by atoms with Crippen molar-refractivity contribution in [2.75, 3.05) is 27.5 Å². The van der Waals surface area contributed by atoms with Gasteiger partial charge in [0.25, 0.3) is 0 Å². The Morgan fingerprint density at radius 3 is 1.28 bits per heavy atom. The van der Waals surface area contributed by atoms with Crippen LogP contribution in [0.1, 0.15) is 82.1 Å². The molecule has 0 heterocycles. The van der Waals surface area contributed by atoms with Crippen LogP contribution in [0.5, 0.6) is 0 Å². The van der Waals surface area contributed by atoms with Gasteiger partial charge in [-0.3, -0.25) is 27.7 Å². The number of hydrogen-bond acceptors (Lipinski definition) is 8. The second kappa shape index (κ2) is 20.1. The number of phosphoric ester groups is 1. The summed E-state index contributed by atoms with van der Waals surface area (Å²) in [6.45, 7) is 23.0. The molecule has 0 amide bonds. The van der Waals surface area contributed by atoms with Gasteiger partial charge in [0.05, 0.1) is 0 Å². The first-order valence-corrected chi connectivity index (χ1v) is 22.2. The van der Waals surface area contributed by atoms with Gasteiger partial charge in [0.2, 0.25) is 0 Å². The molecule has 54 heavy (non-hydrogen) atoms. The molecule has 0 N–H and O–H groups in total. The van der Waals surface area contributed by atoms with Gasteiger partial charge >= 0.3 is 7.82 Å². The van der Waals surface area contributed by atoms with Crippen molar-refractivity contribution in [3.05, 3.63) is 130 Å². The van der Waals surface area contributed by atoms with Gasteiger partial charge in [0, 0.05) is 27.5 Å². The van der Waals surface area contributed by atoms with Crippen LogP contribution in [0, 0.1) is 10.8 Å². The normalized spacial score (nSPS) is 22.9. The second-order valence-corrected chi connectivity index (χ2v) is 20.2. The Morgan fingerprint density at radius 2 is 0.926 bits per heavy atom. The molecule has 2 aliphatic rings. The Kier molecular flexibility index (Phi) is 17.5. The number of carbonyl (C=O) groups is 2. The minimum atomic E-state index is -3.79. The summed E-state index contributed by atoms with van der Waals surface area (Å²) < 4.78 is 45.6. The van der Waals surface area contributed by atoms with E-state index in [1.54, 1.807) is 20.3 Å². The molecule has 0 aromatic carbocycles. The second-order valence-electron chi connectivity index (χ2n) is 15.6. The van der Waals surface area contributed by atoms with Crippen LogP contribution in [0.15, 0.2) is 130 Å². The average molecular weight is 781 g/mol. The lowest BCUT2D eigenvalue weighted by molar-refractivity contribution is -0.125. The van der Waals surface area contributed by atoms with Crippen molar-refractivity contribution >= 4 is 26.8 Å². The molecular formula is C44H62O8P2. The first-order chi connectivity index (χ1) is 24.9. The number of ketones is 2. The van der Waals surface area contributed by atoms with Crippen molar-refractivity contribution < 1.29 is 36.8 Å². The number of Topliss-reactive ketones (excluding diaryl/α,β-unsaturated/α-hetero) is 2. The van der Waals surface area contributed by atoms with Crippen LogP contribution >= 0.6 is 15.2 Å². The molecule has 0 saturated carbocycles. The number of rotatable bonds is 16. The fourth-order valence-corrected chi connectivity index (χ4v) is 7.95. The molecule has 0 aromatic heterocycles. The topological polar surface area (TPSA) is 105 Å². The Bertz CT molecular complexity index is 1850. The summed E-state index contributed by atoms with van der Waals surface area (Å²) >= 11 is 0. The predicted octanol–water partition coefficient (Wildman–Crippen LogP) is 11.9. The number of hydrogen-bond donors (Lipinski definition) is 0. The molecule has 8 nitrogen and oxygen atoms in total. The van der Waals surface area contributed by atoms with Crippen molar-refractivity contribution in [1.82, 2.24) is 0 Å². The first-order valence-electron chi connectivity index (χ1n) is 18.2. The highest BCUT2D eigenvalue weighted by molar-refractivity contribution is 7.57. The minimum absolute atomic E-state index is 0.0906. The number of phosphoric acid groups is 1. The molecule has 2 aliphatic carbocycles. The maximum Gasteiger partial charge on any atom is 0.474 e. The Labute approximate surface area is 325 Å². The summed E-state index contributed by atoms with van der Waals surface area (Å²) in [5.74, 6) is -0.315. The van der Waals surface area contributed by atoms with E-state index in [1.165, 1.54) is 14.2 Å². The lowest BCUT2D eigenvalue weighted by atomic mass is 9.71. The van der Waals surface area contributed by atoms with Gasteiger partial charge in [0.1, 0.15) is 12.2 Å². The largest absolute Gasteiger partial charge is 0.474 e. The maximum atomic E-state index is 13.1. The van der Waals surface area contributed by atoms with E-state index in [4.69, 9.17) is 18.1 Å². The molecule has 2 unspecified atom stereocenters. The third-order valence-electron chi connectivity index (χ3n) is 9.36. The molecular weight excluding hydrogens is 718 g/mol. The van der Waals surface area contributed by atoms with E-state index in [2.05, 4.69) is 13.8 Å². The van der Waals surface area contributed by atoms with Crippen molar-refractivity contribution in [3.63, 3.8) is 0 Å². The van der Waals surface area contributed by atoms with Crippen LogP contribution in [-0.2, 0) is 36.8 Å². The van der Waals surface area contributed by atoms with Gasteiger partial charge in [-0.25, -0.2) is 4.57 Å². The highest BCUT2D eigenvalue weighted by Crippen LogP contribution is 2.52. The molecule has 296 valence electrons. The minimum Gasteiger partial charge on any atom is -0.317 e. The van der Waals surface area contributed by atoms with Gasteiger partial charge in [-0.05, 0) is 87.5 Å². The lowest BCUT2D eigenvalue weighted by Gasteiger charge is -2.37. The molecule has 10 heteroatoms. The molecule has 0 aromatic rings. The highest BCUT2D eigenvalue weighted by atomic mass is 31.2. The van der Waals surface area contributed by atoms with Crippen molar-refractivity contribution in [2.24, 2.45) is 10.8 Å². The van der Waals surface area contributed by atoms with Crippen LogP contribution in [0.2, 0.25) is 0 Å². The quantitative estimate of drug-likeness (QED) is 0.113. The van der Waals surface area contributed by atoms with E-state index in [1.807, 2.05) is 134 Å². The van der Waals surface area contributed by atoms with Crippen LogP contribution in [0.4, 0.5) is 0 Å². The summed E-state index contributed by atoms with van der Waals surface area (Å²) in [4.78, 5) is 26.0. The average Bonchev–Trinajstić information content (AvgIpc) is 3.06. The maximum absolute atomic E-state index is 13.1. The molecule has 0 spiro atoms. The summed E-state index contributed by atoms with van der Waals surface area (Å²) in [6, 6.07) is 0. The SMILES string of the molecule is COP(=O)(OC)OC1CC(C)(C)C(/C=C/C(C)=C/C=C/C(C)=C/C=C/C=C(C)/C=C/C=C(C)/C=C/C2=C(C)C(=O)C(OP(C)(C)=O)CC2(C)C)=C(C)C1=O. The third-order valence-corrected chi connectivity index (χ3v) is 11.5. The fourth-order valence-electron chi connectivity index (χ4n) is 6.36. The van der Waals surface area contributed by atoms with Crippen LogP contribution in [0.25, 0.3) is 0 Å². The molecule has 2 atom stereocenters. The Balaban J connectivity index is 2.00.